The SMILES string of the molecule is CCS(=O)(=O)CCn1c(CCl)nc2cc(C)cnc21. The third-order valence-corrected chi connectivity index (χ3v) is 4.91. The number of alkyl halides is 1. The van der Waals surface area contributed by atoms with Crippen LogP contribution in [-0.4, -0.2) is 34.5 Å². The number of halogens is 1. The van der Waals surface area contributed by atoms with E-state index in [1.165, 1.54) is 0 Å². The molecule has 0 amide bonds. The first-order valence-corrected chi connectivity index (χ1v) is 8.40. The summed E-state index contributed by atoms with van der Waals surface area (Å²) < 4.78 is 25.0. The lowest BCUT2D eigenvalue weighted by Gasteiger charge is -2.07. The Morgan fingerprint density at radius 3 is 2.79 bits per heavy atom. The van der Waals surface area contributed by atoms with Gasteiger partial charge in [0.15, 0.2) is 15.5 Å². The summed E-state index contributed by atoms with van der Waals surface area (Å²) in [5.41, 5.74) is 2.46. The van der Waals surface area contributed by atoms with Crippen molar-refractivity contribution in [3.05, 3.63) is 23.7 Å². The first-order valence-electron chi connectivity index (χ1n) is 6.05. The molecule has 0 N–H and O–H groups in total. The molecule has 0 aliphatic carbocycles. The van der Waals surface area contributed by atoms with Gasteiger partial charge in [-0.25, -0.2) is 18.4 Å². The first-order chi connectivity index (χ1) is 8.96. The highest BCUT2D eigenvalue weighted by Crippen LogP contribution is 2.17. The summed E-state index contributed by atoms with van der Waals surface area (Å²) >= 11 is 5.87. The fourth-order valence-electron chi connectivity index (χ4n) is 1.87. The summed E-state index contributed by atoms with van der Waals surface area (Å²) in [7, 11) is -3.02. The van der Waals surface area contributed by atoms with E-state index < -0.39 is 9.84 Å². The topological polar surface area (TPSA) is 64.8 Å². The number of pyridine rings is 1. The van der Waals surface area contributed by atoms with Crippen LogP contribution in [0.5, 0.6) is 0 Å². The molecule has 7 heteroatoms. The maximum atomic E-state index is 11.6. The van der Waals surface area contributed by atoms with E-state index >= 15 is 0 Å². The maximum Gasteiger partial charge on any atom is 0.160 e. The fourth-order valence-corrected chi connectivity index (χ4v) is 2.82. The van der Waals surface area contributed by atoms with E-state index in [0.29, 0.717) is 18.0 Å². The van der Waals surface area contributed by atoms with E-state index in [0.717, 1.165) is 11.1 Å². The second kappa shape index (κ2) is 5.46. The molecule has 0 radical (unpaired) electrons. The van der Waals surface area contributed by atoms with Gasteiger partial charge in [0.25, 0.3) is 0 Å². The van der Waals surface area contributed by atoms with Crippen LogP contribution in [0, 0.1) is 6.92 Å². The van der Waals surface area contributed by atoms with Gasteiger partial charge in [0, 0.05) is 18.5 Å². The Labute approximate surface area is 117 Å². The number of imidazole rings is 1. The van der Waals surface area contributed by atoms with Crippen LogP contribution >= 0.6 is 11.6 Å². The Bertz CT molecular complexity index is 694. The molecule has 2 rings (SSSR count). The number of hydrogen-bond donors (Lipinski definition) is 0. The Morgan fingerprint density at radius 2 is 2.16 bits per heavy atom. The lowest BCUT2D eigenvalue weighted by molar-refractivity contribution is 0.589. The van der Waals surface area contributed by atoms with Gasteiger partial charge in [0.05, 0.1) is 11.6 Å². The van der Waals surface area contributed by atoms with Crippen LogP contribution in [0.3, 0.4) is 0 Å². The molecular formula is C12H16ClN3O2S. The molecule has 0 unspecified atom stereocenters. The van der Waals surface area contributed by atoms with Gasteiger partial charge in [-0.15, -0.1) is 11.6 Å². The van der Waals surface area contributed by atoms with E-state index in [9.17, 15) is 8.42 Å². The molecule has 0 atom stereocenters. The normalized spacial score (nSPS) is 12.2. The van der Waals surface area contributed by atoms with Crippen LogP contribution in [0.15, 0.2) is 12.3 Å². The molecule has 19 heavy (non-hydrogen) atoms. The van der Waals surface area contributed by atoms with Gasteiger partial charge >= 0.3 is 0 Å². The third-order valence-electron chi connectivity index (χ3n) is 2.99. The zero-order valence-electron chi connectivity index (χ0n) is 10.9. The molecule has 5 nitrogen and oxygen atoms in total. The van der Waals surface area contributed by atoms with Gasteiger partial charge in [0.1, 0.15) is 11.3 Å². The highest BCUT2D eigenvalue weighted by Gasteiger charge is 2.14. The van der Waals surface area contributed by atoms with Gasteiger partial charge in [-0.3, -0.25) is 0 Å². The molecule has 0 aromatic carbocycles. The van der Waals surface area contributed by atoms with E-state index in [-0.39, 0.29) is 17.4 Å². The molecule has 2 aromatic rings. The second-order valence-corrected chi connectivity index (χ2v) is 7.15. The Hall–Kier alpha value is -1.14. The van der Waals surface area contributed by atoms with Gasteiger partial charge in [-0.1, -0.05) is 6.92 Å². The fraction of sp³-hybridized carbons (Fsp3) is 0.500. The van der Waals surface area contributed by atoms with Crippen molar-refractivity contribution in [2.75, 3.05) is 11.5 Å². The van der Waals surface area contributed by atoms with Crippen molar-refractivity contribution in [1.29, 1.82) is 0 Å². The molecule has 2 heterocycles. The van der Waals surface area contributed by atoms with Gasteiger partial charge in [-0.2, -0.15) is 0 Å². The van der Waals surface area contributed by atoms with Crippen molar-refractivity contribution < 1.29 is 8.42 Å². The number of sulfone groups is 1. The van der Waals surface area contributed by atoms with Crippen LogP contribution in [0.2, 0.25) is 0 Å². The molecule has 0 spiro atoms. The summed E-state index contributed by atoms with van der Waals surface area (Å²) in [5.74, 6) is 1.11. The summed E-state index contributed by atoms with van der Waals surface area (Å²) in [5, 5.41) is 0. The minimum absolute atomic E-state index is 0.0778. The number of rotatable bonds is 5. The lowest BCUT2D eigenvalue weighted by atomic mass is 10.3. The van der Waals surface area contributed by atoms with Crippen molar-refractivity contribution in [2.45, 2.75) is 26.3 Å². The molecule has 0 aliphatic rings. The molecule has 0 bridgehead atoms. The van der Waals surface area contributed by atoms with Crippen molar-refractivity contribution in [3.63, 3.8) is 0 Å². The largest absolute Gasteiger partial charge is 0.311 e. The minimum Gasteiger partial charge on any atom is -0.311 e. The predicted octanol–water partition coefficient (Wildman–Crippen LogP) is 1.91. The average Bonchev–Trinajstić information content (AvgIpc) is 2.73. The predicted molar refractivity (Wildman–Crippen MR) is 76.1 cm³/mol. The number of fused-ring (bicyclic) bond motifs is 1. The molecule has 0 fully saturated rings. The zero-order valence-corrected chi connectivity index (χ0v) is 12.5. The molecule has 2 aromatic heterocycles. The summed E-state index contributed by atoms with van der Waals surface area (Å²) in [4.78, 5) is 8.71. The Balaban J connectivity index is 2.41. The monoisotopic (exact) mass is 301 g/mol. The lowest BCUT2D eigenvalue weighted by Crippen LogP contribution is -2.16. The van der Waals surface area contributed by atoms with E-state index in [1.807, 2.05) is 13.0 Å². The summed E-state index contributed by atoms with van der Waals surface area (Å²) in [6.07, 6.45) is 1.74. The number of nitrogens with zero attached hydrogens (tertiary/aromatic N) is 3. The van der Waals surface area contributed by atoms with Crippen LogP contribution in [0.25, 0.3) is 11.2 Å². The smallest absolute Gasteiger partial charge is 0.160 e. The van der Waals surface area contributed by atoms with E-state index in [4.69, 9.17) is 11.6 Å². The maximum absolute atomic E-state index is 11.6. The average molecular weight is 302 g/mol. The third kappa shape index (κ3) is 3.06. The number of hydrogen-bond acceptors (Lipinski definition) is 4. The highest BCUT2D eigenvalue weighted by atomic mass is 35.5. The zero-order chi connectivity index (χ0) is 14.0. The Kier molecular flexibility index (Phi) is 4.10. The summed E-state index contributed by atoms with van der Waals surface area (Å²) in [6.45, 7) is 3.92. The van der Waals surface area contributed by atoms with Gasteiger partial charge < -0.3 is 4.57 Å². The van der Waals surface area contributed by atoms with Gasteiger partial charge in [0.2, 0.25) is 0 Å². The van der Waals surface area contributed by atoms with Crippen LogP contribution in [0.4, 0.5) is 0 Å². The first kappa shape index (κ1) is 14.3. The minimum atomic E-state index is -3.02. The molecule has 0 saturated heterocycles. The molecule has 0 aliphatic heterocycles. The van der Waals surface area contributed by atoms with Crippen LogP contribution in [0.1, 0.15) is 18.3 Å². The summed E-state index contributed by atoms with van der Waals surface area (Å²) in [6, 6.07) is 1.92. The quantitative estimate of drug-likeness (QED) is 0.791. The van der Waals surface area contributed by atoms with Gasteiger partial charge in [-0.05, 0) is 18.6 Å². The number of aryl methyl sites for hydroxylation is 2. The standard InChI is InChI=1S/C12H16ClN3O2S/c1-3-19(17,18)5-4-16-11(7-13)15-10-6-9(2)8-14-12(10)16/h6,8H,3-5,7H2,1-2H3. The van der Waals surface area contributed by atoms with E-state index in [1.54, 1.807) is 17.7 Å². The van der Waals surface area contributed by atoms with Crippen molar-refractivity contribution >= 4 is 32.6 Å². The van der Waals surface area contributed by atoms with E-state index in [2.05, 4.69) is 9.97 Å². The van der Waals surface area contributed by atoms with Crippen molar-refractivity contribution in [1.82, 2.24) is 14.5 Å². The molecule has 104 valence electrons. The number of aromatic nitrogens is 3. The van der Waals surface area contributed by atoms with Crippen LogP contribution in [-0.2, 0) is 22.3 Å². The van der Waals surface area contributed by atoms with Crippen LogP contribution < -0.4 is 0 Å². The molecular weight excluding hydrogens is 286 g/mol. The van der Waals surface area contributed by atoms with Crippen molar-refractivity contribution in [3.8, 4) is 0 Å². The second-order valence-electron chi connectivity index (χ2n) is 4.41. The highest BCUT2D eigenvalue weighted by molar-refractivity contribution is 7.91. The Morgan fingerprint density at radius 1 is 1.42 bits per heavy atom. The molecule has 0 saturated carbocycles. The van der Waals surface area contributed by atoms with Crippen molar-refractivity contribution in [2.24, 2.45) is 0 Å².